The highest BCUT2D eigenvalue weighted by molar-refractivity contribution is 5.79. The third-order valence-corrected chi connectivity index (χ3v) is 3.27. The molecule has 1 aromatic carbocycles. The van der Waals surface area contributed by atoms with E-state index in [0.717, 1.165) is 35.9 Å². The van der Waals surface area contributed by atoms with Gasteiger partial charge in [-0.3, -0.25) is 0 Å². The molecular formula is C13H16N2O2. The molecule has 0 radical (unpaired) electrons. The zero-order chi connectivity index (χ0) is 11.7. The lowest BCUT2D eigenvalue weighted by atomic mass is 10.1. The van der Waals surface area contributed by atoms with Gasteiger partial charge in [0.1, 0.15) is 0 Å². The molecule has 2 aromatic rings. The largest absolute Gasteiger partial charge is 0.392 e. The van der Waals surface area contributed by atoms with Gasteiger partial charge in [-0.1, -0.05) is 12.1 Å². The summed E-state index contributed by atoms with van der Waals surface area (Å²) in [7, 11) is 0. The fourth-order valence-electron chi connectivity index (χ4n) is 2.33. The molecule has 3 rings (SSSR count). The molecule has 0 saturated carbocycles. The Kier molecular flexibility index (Phi) is 2.82. The lowest BCUT2D eigenvalue weighted by Gasteiger charge is -2.23. The van der Waals surface area contributed by atoms with Gasteiger partial charge in [0.25, 0.3) is 0 Å². The zero-order valence-corrected chi connectivity index (χ0v) is 9.67. The Morgan fingerprint density at radius 2 is 2.35 bits per heavy atom. The number of fused-ring (bicyclic) bond motifs is 1. The molecule has 1 N–H and O–H groups in total. The quantitative estimate of drug-likeness (QED) is 0.863. The summed E-state index contributed by atoms with van der Waals surface area (Å²) in [4.78, 5) is 0. The summed E-state index contributed by atoms with van der Waals surface area (Å²) in [6, 6.07) is 5.91. The third-order valence-electron chi connectivity index (χ3n) is 3.27. The van der Waals surface area contributed by atoms with Gasteiger partial charge < -0.3 is 9.84 Å². The van der Waals surface area contributed by atoms with Crippen LogP contribution in [0.3, 0.4) is 0 Å². The van der Waals surface area contributed by atoms with Gasteiger partial charge in [-0.05, 0) is 30.9 Å². The summed E-state index contributed by atoms with van der Waals surface area (Å²) < 4.78 is 7.68. The van der Waals surface area contributed by atoms with Crippen LogP contribution in [0, 0.1) is 0 Å². The molecule has 1 atom stereocenters. The van der Waals surface area contributed by atoms with Crippen LogP contribution in [0.4, 0.5) is 0 Å². The fourth-order valence-corrected chi connectivity index (χ4v) is 2.33. The van der Waals surface area contributed by atoms with Crippen LogP contribution >= 0.6 is 0 Å². The topological polar surface area (TPSA) is 47.3 Å². The number of hydrogen-bond donors (Lipinski definition) is 1. The van der Waals surface area contributed by atoms with Gasteiger partial charge in [0.05, 0.1) is 18.3 Å². The predicted octanol–water partition coefficient (Wildman–Crippen LogP) is 2.23. The highest BCUT2D eigenvalue weighted by atomic mass is 16.5. The minimum atomic E-state index is 0.0511. The number of nitrogens with zero attached hydrogens (tertiary/aromatic N) is 2. The molecule has 0 bridgehead atoms. The first kappa shape index (κ1) is 10.7. The third kappa shape index (κ3) is 1.94. The van der Waals surface area contributed by atoms with E-state index in [1.165, 1.54) is 6.42 Å². The molecule has 0 spiro atoms. The predicted molar refractivity (Wildman–Crippen MR) is 64.5 cm³/mol. The maximum atomic E-state index is 9.17. The lowest BCUT2D eigenvalue weighted by Crippen LogP contribution is -2.18. The Morgan fingerprint density at radius 1 is 1.41 bits per heavy atom. The summed E-state index contributed by atoms with van der Waals surface area (Å²) >= 11 is 0. The summed E-state index contributed by atoms with van der Waals surface area (Å²) in [6.07, 6.45) is 5.24. The van der Waals surface area contributed by atoms with Crippen LogP contribution < -0.4 is 0 Å². The Morgan fingerprint density at radius 3 is 3.12 bits per heavy atom. The van der Waals surface area contributed by atoms with E-state index in [1.54, 1.807) is 0 Å². The van der Waals surface area contributed by atoms with E-state index in [9.17, 15) is 5.11 Å². The van der Waals surface area contributed by atoms with E-state index in [0.29, 0.717) is 0 Å². The SMILES string of the molecule is OCc1ccc2cnn(C3CCCCO3)c2c1. The number of ether oxygens (including phenoxy) is 1. The van der Waals surface area contributed by atoms with Gasteiger partial charge in [-0.25, -0.2) is 4.68 Å². The van der Waals surface area contributed by atoms with E-state index in [2.05, 4.69) is 5.10 Å². The van der Waals surface area contributed by atoms with E-state index in [1.807, 2.05) is 29.1 Å². The number of aromatic nitrogens is 2. The van der Waals surface area contributed by atoms with Crippen molar-refractivity contribution in [2.45, 2.75) is 32.1 Å². The van der Waals surface area contributed by atoms with Crippen LogP contribution in [-0.2, 0) is 11.3 Å². The van der Waals surface area contributed by atoms with Crippen LogP contribution in [0.5, 0.6) is 0 Å². The molecule has 1 unspecified atom stereocenters. The van der Waals surface area contributed by atoms with Crippen molar-refractivity contribution in [2.24, 2.45) is 0 Å². The first-order chi connectivity index (χ1) is 8.38. The van der Waals surface area contributed by atoms with Gasteiger partial charge in [-0.15, -0.1) is 0 Å². The number of aliphatic hydroxyl groups is 1. The van der Waals surface area contributed by atoms with Crippen molar-refractivity contribution in [3.05, 3.63) is 30.0 Å². The maximum Gasteiger partial charge on any atom is 0.150 e. The zero-order valence-electron chi connectivity index (χ0n) is 9.67. The molecular weight excluding hydrogens is 216 g/mol. The first-order valence-electron chi connectivity index (χ1n) is 6.07. The fraction of sp³-hybridized carbons (Fsp3) is 0.462. The molecule has 90 valence electrons. The number of rotatable bonds is 2. The molecule has 2 heterocycles. The molecule has 1 aliphatic heterocycles. The second-order valence-electron chi connectivity index (χ2n) is 4.46. The van der Waals surface area contributed by atoms with E-state index >= 15 is 0 Å². The van der Waals surface area contributed by atoms with E-state index in [-0.39, 0.29) is 12.8 Å². The smallest absolute Gasteiger partial charge is 0.150 e. The van der Waals surface area contributed by atoms with Crippen LogP contribution in [0.1, 0.15) is 31.1 Å². The van der Waals surface area contributed by atoms with Gasteiger partial charge in [0.2, 0.25) is 0 Å². The average Bonchev–Trinajstić information content (AvgIpc) is 2.82. The highest BCUT2D eigenvalue weighted by Crippen LogP contribution is 2.26. The average molecular weight is 232 g/mol. The van der Waals surface area contributed by atoms with Crippen molar-refractivity contribution in [3.63, 3.8) is 0 Å². The van der Waals surface area contributed by atoms with Crippen LogP contribution in [0.2, 0.25) is 0 Å². The van der Waals surface area contributed by atoms with Crippen molar-refractivity contribution in [3.8, 4) is 0 Å². The first-order valence-corrected chi connectivity index (χ1v) is 6.07. The van der Waals surface area contributed by atoms with Crippen molar-refractivity contribution < 1.29 is 9.84 Å². The minimum Gasteiger partial charge on any atom is -0.392 e. The van der Waals surface area contributed by atoms with Gasteiger partial charge >= 0.3 is 0 Å². The molecule has 1 fully saturated rings. The van der Waals surface area contributed by atoms with Crippen molar-refractivity contribution in [2.75, 3.05) is 6.61 Å². The minimum absolute atomic E-state index is 0.0511. The number of hydrogen-bond acceptors (Lipinski definition) is 3. The van der Waals surface area contributed by atoms with Gasteiger partial charge in [0, 0.05) is 12.0 Å². The van der Waals surface area contributed by atoms with Crippen molar-refractivity contribution >= 4 is 10.9 Å². The van der Waals surface area contributed by atoms with Gasteiger partial charge in [-0.2, -0.15) is 5.10 Å². The van der Waals surface area contributed by atoms with Crippen molar-refractivity contribution in [1.29, 1.82) is 0 Å². The monoisotopic (exact) mass is 232 g/mol. The Bertz CT molecular complexity index is 515. The Balaban J connectivity index is 2.02. The van der Waals surface area contributed by atoms with E-state index < -0.39 is 0 Å². The number of benzene rings is 1. The lowest BCUT2D eigenvalue weighted by molar-refractivity contribution is -0.0366. The van der Waals surface area contributed by atoms with Crippen LogP contribution in [0.25, 0.3) is 10.9 Å². The second kappa shape index (κ2) is 4.47. The molecule has 1 aromatic heterocycles. The maximum absolute atomic E-state index is 9.17. The van der Waals surface area contributed by atoms with Crippen LogP contribution in [-0.4, -0.2) is 21.5 Å². The summed E-state index contributed by atoms with van der Waals surface area (Å²) in [5, 5.41) is 14.7. The normalized spacial score (nSPS) is 20.9. The Labute approximate surface area is 99.8 Å². The molecule has 0 aliphatic carbocycles. The standard InChI is InChI=1S/C13H16N2O2/c16-9-10-4-5-11-8-14-15(12(11)7-10)13-3-1-2-6-17-13/h4-5,7-8,13,16H,1-3,6,9H2. The molecule has 4 nitrogen and oxygen atoms in total. The molecule has 1 saturated heterocycles. The van der Waals surface area contributed by atoms with E-state index in [4.69, 9.17) is 4.74 Å². The summed E-state index contributed by atoms with van der Waals surface area (Å²) in [5.74, 6) is 0. The van der Waals surface area contributed by atoms with Crippen LogP contribution in [0.15, 0.2) is 24.4 Å². The second-order valence-corrected chi connectivity index (χ2v) is 4.46. The molecule has 4 heteroatoms. The highest BCUT2D eigenvalue weighted by Gasteiger charge is 2.18. The molecule has 0 amide bonds. The van der Waals surface area contributed by atoms with Crippen molar-refractivity contribution in [1.82, 2.24) is 9.78 Å². The molecule has 1 aliphatic rings. The summed E-state index contributed by atoms with van der Waals surface area (Å²) in [6.45, 7) is 0.873. The Hall–Kier alpha value is -1.39. The summed E-state index contributed by atoms with van der Waals surface area (Å²) in [5.41, 5.74) is 1.96. The van der Waals surface area contributed by atoms with Gasteiger partial charge in [0.15, 0.2) is 6.23 Å². The molecule has 17 heavy (non-hydrogen) atoms. The number of aliphatic hydroxyl groups excluding tert-OH is 1.